The molecule has 1 rings (SSSR count). The Morgan fingerprint density at radius 2 is 2.00 bits per heavy atom. The van der Waals surface area contributed by atoms with Gasteiger partial charge in [0.1, 0.15) is 0 Å². The van der Waals surface area contributed by atoms with Crippen LogP contribution in [0.25, 0.3) is 0 Å². The van der Waals surface area contributed by atoms with Crippen LogP contribution in [-0.4, -0.2) is 20.8 Å². The van der Waals surface area contributed by atoms with E-state index in [1.54, 1.807) is 0 Å². The van der Waals surface area contributed by atoms with Crippen molar-refractivity contribution >= 4 is 10.1 Å². The molecule has 1 fully saturated rings. The molecule has 0 aliphatic heterocycles. The summed E-state index contributed by atoms with van der Waals surface area (Å²) < 4.78 is 26.2. The average molecular weight is 192 g/mol. The Balaban J connectivity index is 2.18. The van der Waals surface area contributed by atoms with Gasteiger partial charge in [-0.05, 0) is 18.8 Å². The minimum Gasteiger partial charge on any atom is -0.267 e. The van der Waals surface area contributed by atoms with Gasteiger partial charge in [-0.25, -0.2) is 0 Å². The van der Waals surface area contributed by atoms with Crippen molar-refractivity contribution in [2.75, 3.05) is 6.26 Å². The molecule has 0 heterocycles. The van der Waals surface area contributed by atoms with E-state index >= 15 is 0 Å². The third-order valence-electron chi connectivity index (χ3n) is 2.20. The average Bonchev–Trinajstić information content (AvgIpc) is 1.80. The third-order valence-corrected chi connectivity index (χ3v) is 2.82. The number of hydrogen-bond donors (Lipinski definition) is 0. The van der Waals surface area contributed by atoms with Gasteiger partial charge in [-0.15, -0.1) is 0 Å². The molecule has 0 spiro atoms. The molecule has 1 saturated carbocycles. The summed E-state index contributed by atoms with van der Waals surface area (Å²) in [7, 11) is -3.22. The zero-order valence-corrected chi connectivity index (χ0v) is 8.43. The molecule has 12 heavy (non-hydrogen) atoms. The van der Waals surface area contributed by atoms with Gasteiger partial charge in [0.15, 0.2) is 0 Å². The van der Waals surface area contributed by atoms with E-state index in [9.17, 15) is 8.42 Å². The van der Waals surface area contributed by atoms with E-state index in [-0.39, 0.29) is 6.10 Å². The molecular formula is C8H16O3S. The molecule has 3 nitrogen and oxygen atoms in total. The molecule has 0 radical (unpaired) electrons. The van der Waals surface area contributed by atoms with Crippen LogP contribution in [0, 0.1) is 5.92 Å². The van der Waals surface area contributed by atoms with E-state index in [4.69, 9.17) is 4.18 Å². The van der Waals surface area contributed by atoms with Crippen LogP contribution in [0.15, 0.2) is 0 Å². The Hall–Kier alpha value is -0.0900. The minimum absolute atomic E-state index is 0.0310. The molecule has 1 aliphatic carbocycles. The van der Waals surface area contributed by atoms with Gasteiger partial charge in [0.25, 0.3) is 10.1 Å². The maximum Gasteiger partial charge on any atom is 0.264 e. The van der Waals surface area contributed by atoms with E-state index in [0.717, 1.165) is 19.1 Å². The highest BCUT2D eigenvalue weighted by Gasteiger charge is 2.31. The van der Waals surface area contributed by atoms with E-state index < -0.39 is 10.1 Å². The zero-order valence-electron chi connectivity index (χ0n) is 7.62. The Morgan fingerprint density at radius 1 is 1.42 bits per heavy atom. The van der Waals surface area contributed by atoms with Crippen molar-refractivity contribution in [1.82, 2.24) is 0 Å². The predicted octanol–water partition coefficient (Wildman–Crippen LogP) is 1.54. The molecule has 0 aromatic heterocycles. The maximum absolute atomic E-state index is 10.7. The van der Waals surface area contributed by atoms with Gasteiger partial charge in [-0.1, -0.05) is 19.8 Å². The van der Waals surface area contributed by atoms with Crippen molar-refractivity contribution in [1.29, 1.82) is 0 Å². The largest absolute Gasteiger partial charge is 0.267 e. The van der Waals surface area contributed by atoms with Crippen LogP contribution < -0.4 is 0 Å². The summed E-state index contributed by atoms with van der Waals surface area (Å²) in [5, 5.41) is 0. The van der Waals surface area contributed by atoms with E-state index in [0.29, 0.717) is 5.92 Å². The number of rotatable bonds is 4. The van der Waals surface area contributed by atoms with E-state index in [1.165, 1.54) is 12.8 Å². The lowest BCUT2D eigenvalue weighted by Crippen LogP contribution is -2.32. The summed E-state index contributed by atoms with van der Waals surface area (Å²) in [6, 6.07) is 0. The fourth-order valence-corrected chi connectivity index (χ4v) is 2.30. The van der Waals surface area contributed by atoms with Gasteiger partial charge in [-0.2, -0.15) is 8.42 Å². The zero-order chi connectivity index (χ0) is 9.19. The minimum atomic E-state index is -3.22. The summed E-state index contributed by atoms with van der Waals surface area (Å²) in [4.78, 5) is 0. The first-order valence-corrected chi connectivity index (χ1v) is 6.21. The van der Waals surface area contributed by atoms with Crippen molar-refractivity contribution in [2.45, 2.75) is 38.7 Å². The molecule has 0 aromatic carbocycles. The maximum atomic E-state index is 10.7. The molecule has 1 aliphatic rings. The lowest BCUT2D eigenvalue weighted by atomic mass is 9.80. The number of hydrogen-bond acceptors (Lipinski definition) is 3. The van der Waals surface area contributed by atoms with E-state index in [2.05, 4.69) is 6.92 Å². The van der Waals surface area contributed by atoms with Crippen molar-refractivity contribution in [3.8, 4) is 0 Å². The molecule has 0 atom stereocenters. The molecule has 0 bridgehead atoms. The van der Waals surface area contributed by atoms with Crippen molar-refractivity contribution in [3.63, 3.8) is 0 Å². The molecule has 72 valence electrons. The predicted molar refractivity (Wildman–Crippen MR) is 47.3 cm³/mol. The van der Waals surface area contributed by atoms with Crippen molar-refractivity contribution in [2.24, 2.45) is 5.92 Å². The standard InChI is InChI=1S/C8H16O3S/c1-3-4-7-5-8(6-7)11-12(2,9)10/h7-8H,3-6H2,1-2H3. The van der Waals surface area contributed by atoms with Gasteiger partial charge in [-0.3, -0.25) is 4.18 Å². The monoisotopic (exact) mass is 192 g/mol. The van der Waals surface area contributed by atoms with Gasteiger partial charge in [0.2, 0.25) is 0 Å². The Labute approximate surface area is 74.2 Å². The Bertz CT molecular complexity index is 227. The Kier molecular flexibility index (Phi) is 3.12. The van der Waals surface area contributed by atoms with Gasteiger partial charge < -0.3 is 0 Å². The van der Waals surface area contributed by atoms with Crippen LogP contribution in [0.4, 0.5) is 0 Å². The Morgan fingerprint density at radius 3 is 2.42 bits per heavy atom. The second-order valence-corrected chi connectivity index (χ2v) is 5.15. The molecule has 4 heteroatoms. The summed E-state index contributed by atoms with van der Waals surface area (Å²) in [5.41, 5.74) is 0. The summed E-state index contributed by atoms with van der Waals surface area (Å²) in [6.07, 6.45) is 5.29. The highest BCUT2D eigenvalue weighted by Crippen LogP contribution is 2.34. The van der Waals surface area contributed by atoms with Crippen molar-refractivity contribution in [3.05, 3.63) is 0 Å². The summed E-state index contributed by atoms with van der Waals surface area (Å²) in [5.74, 6) is 0.696. The van der Waals surface area contributed by atoms with Crippen LogP contribution in [0.5, 0.6) is 0 Å². The molecule has 0 N–H and O–H groups in total. The lowest BCUT2D eigenvalue weighted by Gasteiger charge is -2.33. The summed E-state index contributed by atoms with van der Waals surface area (Å²) >= 11 is 0. The van der Waals surface area contributed by atoms with Crippen LogP contribution in [0.1, 0.15) is 32.6 Å². The molecule has 0 amide bonds. The highest BCUT2D eigenvalue weighted by atomic mass is 32.2. The molecular weight excluding hydrogens is 176 g/mol. The van der Waals surface area contributed by atoms with Gasteiger partial charge in [0.05, 0.1) is 12.4 Å². The quantitative estimate of drug-likeness (QED) is 0.635. The van der Waals surface area contributed by atoms with Crippen LogP contribution in [-0.2, 0) is 14.3 Å². The molecule has 0 aromatic rings. The SMILES string of the molecule is CCCC1CC(OS(C)(=O)=O)C1. The smallest absolute Gasteiger partial charge is 0.264 e. The fraction of sp³-hybridized carbons (Fsp3) is 1.00. The molecule has 0 unspecified atom stereocenters. The summed E-state index contributed by atoms with van der Waals surface area (Å²) in [6.45, 7) is 2.14. The second-order valence-electron chi connectivity index (χ2n) is 3.55. The van der Waals surface area contributed by atoms with Crippen LogP contribution >= 0.6 is 0 Å². The first kappa shape index (κ1) is 9.99. The van der Waals surface area contributed by atoms with Gasteiger partial charge in [0, 0.05) is 0 Å². The van der Waals surface area contributed by atoms with Crippen LogP contribution in [0.3, 0.4) is 0 Å². The van der Waals surface area contributed by atoms with Crippen molar-refractivity contribution < 1.29 is 12.6 Å². The third kappa shape index (κ3) is 3.11. The molecule has 0 saturated heterocycles. The lowest BCUT2D eigenvalue weighted by molar-refractivity contribution is 0.0671. The first-order valence-electron chi connectivity index (χ1n) is 4.39. The topological polar surface area (TPSA) is 43.4 Å². The van der Waals surface area contributed by atoms with E-state index in [1.807, 2.05) is 0 Å². The normalized spacial score (nSPS) is 29.8. The van der Waals surface area contributed by atoms with Crippen LogP contribution in [0.2, 0.25) is 0 Å². The highest BCUT2D eigenvalue weighted by molar-refractivity contribution is 7.86. The second kappa shape index (κ2) is 3.75. The van der Waals surface area contributed by atoms with Gasteiger partial charge >= 0.3 is 0 Å². The fourth-order valence-electron chi connectivity index (χ4n) is 1.64. The first-order chi connectivity index (χ1) is 5.51.